The second-order valence-electron chi connectivity index (χ2n) is 11.7. The number of morpholine rings is 1. The number of amides is 1. The quantitative estimate of drug-likeness (QED) is 0.367. The van der Waals surface area contributed by atoms with Crippen molar-refractivity contribution in [1.29, 1.82) is 0 Å². The minimum atomic E-state index is -0.0703. The van der Waals surface area contributed by atoms with Crippen molar-refractivity contribution in [2.24, 2.45) is 18.4 Å². The highest BCUT2D eigenvalue weighted by atomic mass is 16.5. The minimum Gasteiger partial charge on any atom is -0.458 e. The van der Waals surface area contributed by atoms with Gasteiger partial charge in [0.2, 0.25) is 11.9 Å². The van der Waals surface area contributed by atoms with Crippen LogP contribution in [0.15, 0.2) is 24.3 Å². The van der Waals surface area contributed by atoms with Crippen molar-refractivity contribution in [2.45, 2.75) is 45.1 Å². The van der Waals surface area contributed by atoms with Gasteiger partial charge in [0.15, 0.2) is 17.0 Å². The molecule has 4 fully saturated rings. The number of aryl methyl sites for hydroxylation is 2. The molecule has 1 spiro atoms. The van der Waals surface area contributed by atoms with Crippen LogP contribution >= 0.6 is 0 Å². The standard InChI is InChI=1S/C29H34N8O3/c1-3-22-30-20-7-4-5-8-21(20)37(22)27-32-24-23(25(33-27)35-11-13-39-14-12-35)31-28(34(24)2)40-18-16-36(17-18)26(38)19-15-29(19)9-6-10-29/h4-5,7-8,18-19H,3,6,9-17H2,1-2H3/t19-/m0/s1. The van der Waals surface area contributed by atoms with Crippen LogP contribution in [0.4, 0.5) is 5.82 Å². The Bertz CT molecular complexity index is 1630. The van der Waals surface area contributed by atoms with E-state index in [1.165, 1.54) is 19.3 Å². The number of para-hydroxylation sites is 2. The van der Waals surface area contributed by atoms with Crippen molar-refractivity contribution >= 4 is 33.9 Å². The number of benzene rings is 1. The minimum absolute atomic E-state index is 0.0703. The molecule has 0 radical (unpaired) electrons. The van der Waals surface area contributed by atoms with Gasteiger partial charge < -0.3 is 19.3 Å². The number of carbonyl (C=O) groups is 1. The van der Waals surface area contributed by atoms with E-state index in [1.54, 1.807) is 0 Å². The lowest BCUT2D eigenvalue weighted by Gasteiger charge is -2.39. The van der Waals surface area contributed by atoms with E-state index in [0.29, 0.717) is 60.7 Å². The van der Waals surface area contributed by atoms with Gasteiger partial charge in [0.05, 0.1) is 37.3 Å². The lowest BCUT2D eigenvalue weighted by Crippen LogP contribution is -2.57. The molecule has 208 valence electrons. The van der Waals surface area contributed by atoms with Crippen molar-refractivity contribution < 1.29 is 14.3 Å². The van der Waals surface area contributed by atoms with Crippen molar-refractivity contribution in [3.8, 4) is 12.0 Å². The summed E-state index contributed by atoms with van der Waals surface area (Å²) in [5, 5.41) is 0. The molecule has 0 unspecified atom stereocenters. The van der Waals surface area contributed by atoms with Crippen molar-refractivity contribution in [3.05, 3.63) is 30.1 Å². The Morgan fingerprint density at radius 3 is 2.62 bits per heavy atom. The number of imidazole rings is 2. The van der Waals surface area contributed by atoms with Crippen molar-refractivity contribution in [1.82, 2.24) is 34.0 Å². The summed E-state index contributed by atoms with van der Waals surface area (Å²) in [6, 6.07) is 8.59. The predicted octanol–water partition coefficient (Wildman–Crippen LogP) is 2.88. The maximum Gasteiger partial charge on any atom is 0.298 e. The number of hydrogen-bond acceptors (Lipinski definition) is 8. The van der Waals surface area contributed by atoms with E-state index in [4.69, 9.17) is 29.4 Å². The summed E-state index contributed by atoms with van der Waals surface area (Å²) in [5.74, 6) is 2.82. The number of hydrogen-bond donors (Lipinski definition) is 0. The highest BCUT2D eigenvalue weighted by molar-refractivity contribution is 5.86. The fraction of sp³-hybridized carbons (Fsp3) is 0.552. The number of anilines is 1. The average molecular weight is 543 g/mol. The Hall–Kier alpha value is -3.73. The molecular formula is C29H34N8O3. The van der Waals surface area contributed by atoms with Gasteiger partial charge in [0.25, 0.3) is 6.01 Å². The summed E-state index contributed by atoms with van der Waals surface area (Å²) in [6.07, 6.45) is 5.48. The predicted molar refractivity (Wildman–Crippen MR) is 149 cm³/mol. The maximum absolute atomic E-state index is 12.9. The molecule has 3 aromatic heterocycles. The van der Waals surface area contributed by atoms with Gasteiger partial charge in [-0.25, -0.2) is 4.98 Å². The molecule has 0 bridgehead atoms. The number of rotatable bonds is 6. The van der Waals surface area contributed by atoms with Crippen LogP contribution in [-0.2, 0) is 23.0 Å². The third-order valence-corrected chi connectivity index (χ3v) is 9.37. The fourth-order valence-corrected chi connectivity index (χ4v) is 6.70. The van der Waals surface area contributed by atoms with Crippen LogP contribution in [0.1, 0.15) is 38.4 Å². The van der Waals surface area contributed by atoms with Crippen LogP contribution in [0, 0.1) is 11.3 Å². The molecule has 11 heteroatoms. The highest BCUT2D eigenvalue weighted by Crippen LogP contribution is 2.66. The number of ether oxygens (including phenoxy) is 2. The fourth-order valence-electron chi connectivity index (χ4n) is 6.70. The number of fused-ring (bicyclic) bond motifs is 2. The van der Waals surface area contributed by atoms with Gasteiger partial charge >= 0.3 is 0 Å². The number of carbonyl (C=O) groups excluding carboxylic acids is 1. The summed E-state index contributed by atoms with van der Waals surface area (Å²) >= 11 is 0. The van der Waals surface area contributed by atoms with Gasteiger partial charge in [0, 0.05) is 32.5 Å². The Balaban J connectivity index is 1.13. The molecule has 2 saturated carbocycles. The van der Waals surface area contributed by atoms with Crippen LogP contribution in [0.5, 0.6) is 6.01 Å². The molecule has 8 rings (SSSR count). The Morgan fingerprint density at radius 2 is 1.90 bits per heavy atom. The summed E-state index contributed by atoms with van der Waals surface area (Å²) in [4.78, 5) is 36.9. The van der Waals surface area contributed by atoms with Crippen LogP contribution in [0.2, 0.25) is 0 Å². The molecule has 11 nitrogen and oxygen atoms in total. The zero-order valence-electron chi connectivity index (χ0n) is 23.0. The van der Waals surface area contributed by atoms with E-state index >= 15 is 0 Å². The van der Waals surface area contributed by atoms with Gasteiger partial charge in [-0.3, -0.25) is 13.9 Å². The first-order valence-corrected chi connectivity index (χ1v) is 14.5. The van der Waals surface area contributed by atoms with Crippen LogP contribution in [-0.4, -0.2) is 85.4 Å². The molecule has 4 aliphatic rings. The molecule has 2 aliphatic heterocycles. The summed E-state index contributed by atoms with van der Waals surface area (Å²) < 4.78 is 15.9. The third kappa shape index (κ3) is 3.63. The summed E-state index contributed by atoms with van der Waals surface area (Å²) in [5.41, 5.74) is 3.67. The van der Waals surface area contributed by atoms with E-state index in [-0.39, 0.29) is 12.0 Å². The van der Waals surface area contributed by atoms with E-state index < -0.39 is 0 Å². The smallest absolute Gasteiger partial charge is 0.298 e. The topological polar surface area (TPSA) is 103 Å². The normalized spacial score (nSPS) is 22.1. The Morgan fingerprint density at radius 1 is 1.10 bits per heavy atom. The van der Waals surface area contributed by atoms with Crippen LogP contribution in [0.25, 0.3) is 28.1 Å². The largest absolute Gasteiger partial charge is 0.458 e. The van der Waals surface area contributed by atoms with E-state index in [2.05, 4.69) is 22.5 Å². The molecule has 2 saturated heterocycles. The van der Waals surface area contributed by atoms with Crippen molar-refractivity contribution in [2.75, 3.05) is 44.3 Å². The second-order valence-corrected chi connectivity index (χ2v) is 11.7. The third-order valence-electron chi connectivity index (χ3n) is 9.37. The summed E-state index contributed by atoms with van der Waals surface area (Å²) in [6.45, 7) is 6.05. The number of aromatic nitrogens is 6. The van der Waals surface area contributed by atoms with Crippen molar-refractivity contribution in [3.63, 3.8) is 0 Å². The Kier molecular flexibility index (Phi) is 5.35. The molecule has 0 N–H and O–H groups in total. The van der Waals surface area contributed by atoms with Gasteiger partial charge in [-0.15, -0.1) is 0 Å². The molecule has 1 aromatic carbocycles. The SMILES string of the molecule is CCc1nc2ccccc2n1-c1nc(N2CCOCC2)c2nc(OC3CN(C(=O)[C@@H]4CC45CCC5)C3)n(C)c2n1. The lowest BCUT2D eigenvalue weighted by molar-refractivity contribution is -0.143. The molecule has 40 heavy (non-hydrogen) atoms. The lowest BCUT2D eigenvalue weighted by atomic mass is 9.79. The molecule has 5 heterocycles. The Labute approximate surface area is 232 Å². The monoisotopic (exact) mass is 542 g/mol. The van der Waals surface area contributed by atoms with Gasteiger partial charge in [0.1, 0.15) is 11.9 Å². The average Bonchev–Trinajstić information content (AvgIpc) is 3.51. The van der Waals surface area contributed by atoms with Gasteiger partial charge in [-0.2, -0.15) is 15.0 Å². The van der Waals surface area contributed by atoms with E-state index in [9.17, 15) is 4.79 Å². The van der Waals surface area contributed by atoms with Crippen LogP contribution in [0.3, 0.4) is 0 Å². The second kappa shape index (κ2) is 8.89. The molecule has 4 aromatic rings. The van der Waals surface area contributed by atoms with E-state index in [1.807, 2.05) is 34.7 Å². The first-order valence-electron chi connectivity index (χ1n) is 14.5. The van der Waals surface area contributed by atoms with Gasteiger partial charge in [-0.1, -0.05) is 25.5 Å². The number of nitrogens with zero attached hydrogens (tertiary/aromatic N) is 8. The highest BCUT2D eigenvalue weighted by Gasteiger charge is 2.62. The first-order chi connectivity index (χ1) is 19.5. The maximum atomic E-state index is 12.9. The zero-order valence-corrected chi connectivity index (χ0v) is 23.0. The molecule has 1 atom stereocenters. The molecule has 2 aliphatic carbocycles. The summed E-state index contributed by atoms with van der Waals surface area (Å²) in [7, 11) is 1.93. The number of likely N-dealkylation sites (tertiary alicyclic amines) is 1. The first kappa shape index (κ1) is 24.1. The van der Waals surface area contributed by atoms with E-state index in [0.717, 1.165) is 48.6 Å². The molecule has 1 amide bonds. The zero-order chi connectivity index (χ0) is 27.0. The van der Waals surface area contributed by atoms with Gasteiger partial charge in [-0.05, 0) is 36.8 Å². The van der Waals surface area contributed by atoms with Crippen LogP contribution < -0.4 is 9.64 Å². The molecular weight excluding hydrogens is 508 g/mol.